The van der Waals surface area contributed by atoms with Gasteiger partial charge in [0.25, 0.3) is 0 Å². The van der Waals surface area contributed by atoms with Gasteiger partial charge in [-0.1, -0.05) is 25.1 Å². The van der Waals surface area contributed by atoms with E-state index in [-0.39, 0.29) is 13.2 Å². The molecular formula is C23H30N6O3. The van der Waals surface area contributed by atoms with Crippen molar-refractivity contribution in [2.75, 3.05) is 31.6 Å². The topological polar surface area (TPSA) is 124 Å². The van der Waals surface area contributed by atoms with Crippen molar-refractivity contribution in [1.29, 1.82) is 0 Å². The molecule has 32 heavy (non-hydrogen) atoms. The van der Waals surface area contributed by atoms with Gasteiger partial charge >= 0.3 is 6.03 Å². The first kappa shape index (κ1) is 23.4. The fourth-order valence-electron chi connectivity index (χ4n) is 3.29. The number of para-hydroxylation sites is 1. The summed E-state index contributed by atoms with van der Waals surface area (Å²) < 4.78 is 1.69. The van der Waals surface area contributed by atoms with Crippen molar-refractivity contribution in [2.24, 2.45) is 0 Å². The van der Waals surface area contributed by atoms with Gasteiger partial charge in [0, 0.05) is 36.1 Å². The number of carbonyl (C=O) groups is 1. The zero-order chi connectivity index (χ0) is 22.9. The van der Waals surface area contributed by atoms with Crippen LogP contribution in [0.15, 0.2) is 48.7 Å². The van der Waals surface area contributed by atoms with Crippen molar-refractivity contribution < 1.29 is 15.0 Å². The zero-order valence-corrected chi connectivity index (χ0v) is 18.4. The number of aryl methyl sites for hydroxylation is 1. The maximum atomic E-state index is 12.7. The zero-order valence-electron chi connectivity index (χ0n) is 18.4. The van der Waals surface area contributed by atoms with Gasteiger partial charge in [-0.15, -0.1) is 0 Å². The summed E-state index contributed by atoms with van der Waals surface area (Å²) in [7, 11) is 0. The third-order valence-corrected chi connectivity index (χ3v) is 5.05. The van der Waals surface area contributed by atoms with Gasteiger partial charge < -0.3 is 20.8 Å². The van der Waals surface area contributed by atoms with E-state index in [1.807, 2.05) is 49.4 Å². The van der Waals surface area contributed by atoms with Gasteiger partial charge in [0.05, 0.1) is 30.6 Å². The highest BCUT2D eigenvalue weighted by Gasteiger charge is 2.20. The van der Waals surface area contributed by atoms with Crippen LogP contribution in [0.25, 0.3) is 16.9 Å². The quantitative estimate of drug-likeness (QED) is 0.308. The number of hydrogen-bond donors (Lipinski definition) is 5. The molecule has 0 saturated heterocycles. The number of carbonyl (C=O) groups excluding carboxylic acids is 1. The fourth-order valence-corrected chi connectivity index (χ4v) is 3.29. The molecule has 0 aliphatic heterocycles. The van der Waals surface area contributed by atoms with E-state index in [1.54, 1.807) is 10.9 Å². The summed E-state index contributed by atoms with van der Waals surface area (Å²) in [5.41, 5.74) is 4.19. The average Bonchev–Trinajstić information content (AvgIpc) is 3.15. The lowest BCUT2D eigenvalue weighted by molar-refractivity contribution is 0.220. The number of nitrogens with one attached hydrogen (secondary N) is 3. The fraction of sp³-hybridized carbons (Fsp3) is 0.348. The number of benzene rings is 1. The van der Waals surface area contributed by atoms with Crippen LogP contribution in [0.3, 0.4) is 0 Å². The molecule has 0 fully saturated rings. The van der Waals surface area contributed by atoms with E-state index in [4.69, 9.17) is 10.2 Å². The molecule has 2 amide bonds. The largest absolute Gasteiger partial charge is 0.395 e. The number of rotatable bonds is 10. The summed E-state index contributed by atoms with van der Waals surface area (Å²) >= 11 is 0. The van der Waals surface area contributed by atoms with Crippen molar-refractivity contribution in [1.82, 2.24) is 25.4 Å². The number of aliphatic hydroxyl groups excluding tert-OH is 2. The molecule has 0 spiro atoms. The van der Waals surface area contributed by atoms with E-state index >= 15 is 0 Å². The van der Waals surface area contributed by atoms with Crippen LogP contribution >= 0.6 is 0 Å². The third-order valence-electron chi connectivity index (χ3n) is 5.05. The van der Waals surface area contributed by atoms with E-state index in [9.17, 15) is 9.90 Å². The minimum absolute atomic E-state index is 0.0172. The van der Waals surface area contributed by atoms with E-state index in [1.165, 1.54) is 0 Å². The van der Waals surface area contributed by atoms with Crippen molar-refractivity contribution in [2.45, 2.75) is 26.3 Å². The van der Waals surface area contributed by atoms with Crippen LogP contribution < -0.4 is 16.0 Å². The van der Waals surface area contributed by atoms with E-state index in [2.05, 4.69) is 27.9 Å². The summed E-state index contributed by atoms with van der Waals surface area (Å²) in [6.07, 6.45) is 2.64. The molecule has 0 aliphatic carbocycles. The van der Waals surface area contributed by atoms with Crippen LogP contribution in [0, 0.1) is 6.92 Å². The smallest absolute Gasteiger partial charge is 0.320 e. The molecule has 3 aromatic rings. The van der Waals surface area contributed by atoms with Gasteiger partial charge in [0.15, 0.2) is 0 Å². The molecule has 2 aromatic heterocycles. The monoisotopic (exact) mass is 438 g/mol. The Balaban J connectivity index is 1.89. The van der Waals surface area contributed by atoms with Crippen LogP contribution in [0.2, 0.25) is 0 Å². The Morgan fingerprint density at radius 3 is 2.56 bits per heavy atom. The van der Waals surface area contributed by atoms with Gasteiger partial charge in [0.2, 0.25) is 0 Å². The van der Waals surface area contributed by atoms with Crippen molar-refractivity contribution >= 4 is 11.8 Å². The summed E-state index contributed by atoms with van der Waals surface area (Å²) in [6.45, 7) is 4.42. The Morgan fingerprint density at radius 1 is 1.16 bits per heavy atom. The van der Waals surface area contributed by atoms with Crippen LogP contribution in [0.1, 0.15) is 18.2 Å². The minimum Gasteiger partial charge on any atom is -0.395 e. The Labute approximate surface area is 187 Å². The SMILES string of the molecule is CCc1ccc(-c2nn(-c3ccccc3)c(NC(=O)N[C@@H](CO)CNCCO)c2C)cn1. The molecule has 5 N–H and O–H groups in total. The number of hydrogen-bond acceptors (Lipinski definition) is 6. The van der Waals surface area contributed by atoms with Gasteiger partial charge in [-0.3, -0.25) is 10.3 Å². The number of aromatic nitrogens is 3. The molecule has 1 aromatic carbocycles. The first-order valence-electron chi connectivity index (χ1n) is 10.7. The molecule has 1 atom stereocenters. The van der Waals surface area contributed by atoms with Gasteiger partial charge in [-0.2, -0.15) is 5.10 Å². The van der Waals surface area contributed by atoms with Crippen molar-refractivity contribution in [3.05, 3.63) is 59.9 Å². The van der Waals surface area contributed by atoms with Gasteiger partial charge in [-0.05, 0) is 37.6 Å². The predicted octanol–water partition coefficient (Wildman–Crippen LogP) is 1.87. The molecule has 9 nitrogen and oxygen atoms in total. The molecule has 9 heteroatoms. The molecule has 0 radical (unpaired) electrons. The van der Waals surface area contributed by atoms with Crippen LogP contribution in [0.4, 0.5) is 10.6 Å². The summed E-state index contributed by atoms with van der Waals surface area (Å²) in [4.78, 5) is 17.2. The van der Waals surface area contributed by atoms with Crippen LogP contribution in [0.5, 0.6) is 0 Å². The van der Waals surface area contributed by atoms with Gasteiger partial charge in [-0.25, -0.2) is 9.48 Å². The molecule has 0 saturated carbocycles. The first-order chi connectivity index (χ1) is 15.6. The molecular weight excluding hydrogens is 408 g/mol. The highest BCUT2D eigenvalue weighted by atomic mass is 16.3. The van der Waals surface area contributed by atoms with E-state index in [0.717, 1.165) is 34.6 Å². The number of urea groups is 1. The molecule has 0 aliphatic rings. The second kappa shape index (κ2) is 11.4. The predicted molar refractivity (Wildman–Crippen MR) is 124 cm³/mol. The number of nitrogens with zero attached hydrogens (tertiary/aromatic N) is 3. The lowest BCUT2D eigenvalue weighted by atomic mass is 10.1. The highest BCUT2D eigenvalue weighted by Crippen LogP contribution is 2.30. The normalized spacial score (nSPS) is 11.9. The molecule has 0 unspecified atom stereocenters. The standard InChI is InChI=1S/C23H30N6O3/c1-3-18-10-9-17(13-25-18)21-16(2)22(29(28-21)20-7-5-4-6-8-20)27-23(32)26-19(15-31)14-24-11-12-30/h4-10,13,19,24,30-31H,3,11-12,14-15H2,1-2H3,(H2,26,27,32)/t19-/m1/s1. The number of pyridine rings is 1. The molecule has 0 bridgehead atoms. The van der Waals surface area contributed by atoms with Gasteiger partial charge in [0.1, 0.15) is 5.82 Å². The minimum atomic E-state index is -0.500. The summed E-state index contributed by atoms with van der Waals surface area (Å²) in [6, 6.07) is 12.5. The molecule has 2 heterocycles. The number of aliphatic hydroxyl groups is 2. The Morgan fingerprint density at radius 2 is 1.94 bits per heavy atom. The Kier molecular flexibility index (Phi) is 8.32. The van der Waals surface area contributed by atoms with Crippen molar-refractivity contribution in [3.8, 4) is 16.9 Å². The van der Waals surface area contributed by atoms with Crippen LogP contribution in [-0.4, -0.2) is 63.4 Å². The maximum Gasteiger partial charge on any atom is 0.320 e. The summed E-state index contributed by atoms with van der Waals surface area (Å²) in [5, 5.41) is 31.8. The second-order valence-electron chi connectivity index (χ2n) is 7.37. The molecule has 3 rings (SSSR count). The molecule has 170 valence electrons. The first-order valence-corrected chi connectivity index (χ1v) is 10.7. The Hall–Kier alpha value is -3.27. The summed E-state index contributed by atoms with van der Waals surface area (Å²) in [5.74, 6) is 0.531. The van der Waals surface area contributed by atoms with E-state index in [0.29, 0.717) is 18.9 Å². The lowest BCUT2D eigenvalue weighted by Crippen LogP contribution is -2.46. The Bertz CT molecular complexity index is 1000. The number of amides is 2. The average molecular weight is 439 g/mol. The second-order valence-corrected chi connectivity index (χ2v) is 7.37. The highest BCUT2D eigenvalue weighted by molar-refractivity contribution is 5.91. The number of anilines is 1. The third kappa shape index (κ3) is 5.70. The van der Waals surface area contributed by atoms with E-state index < -0.39 is 12.1 Å². The van der Waals surface area contributed by atoms with Crippen molar-refractivity contribution in [3.63, 3.8) is 0 Å². The maximum absolute atomic E-state index is 12.7. The lowest BCUT2D eigenvalue weighted by Gasteiger charge is -2.18. The van der Waals surface area contributed by atoms with Crippen LogP contribution in [-0.2, 0) is 6.42 Å².